The molecule has 0 saturated carbocycles. The van der Waals surface area contributed by atoms with Gasteiger partial charge in [-0.1, -0.05) is 58.3 Å². The Balaban J connectivity index is 5.52. The number of carbonyl (C=O) groups is 1. The van der Waals surface area contributed by atoms with E-state index in [0.717, 1.165) is 51.4 Å². The Morgan fingerprint density at radius 3 is 1.35 bits per heavy atom. The molecule has 1 atom stereocenters. The number of alkyl halides is 17. The Labute approximate surface area is 272 Å². The molecule has 0 amide bonds. The molecule has 0 aliphatic carbocycles. The Bertz CT molecular complexity index is 1010. The van der Waals surface area contributed by atoms with Crippen LogP contribution in [0.4, 0.5) is 74.6 Å². The zero-order chi connectivity index (χ0) is 39.0. The first-order chi connectivity index (χ1) is 21.8. The highest BCUT2D eigenvalue weighted by molar-refractivity contribution is 5.70. The molecule has 0 unspecified atom stereocenters. The third-order valence-electron chi connectivity index (χ3n) is 7.21. The molecule has 0 aromatic heterocycles. The summed E-state index contributed by atoms with van der Waals surface area (Å²) in [5.74, 6) is -58.4. The average Bonchev–Trinajstić information content (AvgIpc) is 2.91. The van der Waals surface area contributed by atoms with Crippen molar-refractivity contribution in [1.82, 2.24) is 0 Å². The van der Waals surface area contributed by atoms with E-state index in [0.29, 0.717) is 6.42 Å². The van der Waals surface area contributed by atoms with E-state index in [2.05, 4.69) is 11.7 Å². The summed E-state index contributed by atoms with van der Waals surface area (Å²) >= 11 is 0. The Morgan fingerprint density at radius 1 is 0.551 bits per heavy atom. The molecule has 0 aromatic rings. The van der Waals surface area contributed by atoms with Gasteiger partial charge in [0, 0.05) is 6.61 Å². The van der Waals surface area contributed by atoms with Crippen molar-refractivity contribution < 1.29 is 93.4 Å². The second kappa shape index (κ2) is 17.1. The van der Waals surface area contributed by atoms with Crippen molar-refractivity contribution in [2.75, 3.05) is 40.9 Å². The standard InChI is InChI=1S/C28H41F17NO3/c1-5-6-7-8-9-10-11-12-13-15-48-19(18-46(2,3)4)17-20(47)49-16-14-21(29,30)22(31,32)23(33,34)24(35,36)25(37,38)26(39,40)27(41,42)28(43,44)45/h19H,5-18H2,1-4H3/q+1/t19-/m0/s1. The minimum absolute atomic E-state index is 0.0916. The van der Waals surface area contributed by atoms with Gasteiger partial charge in [-0.05, 0) is 6.42 Å². The average molecular weight is 763 g/mol. The lowest BCUT2D eigenvalue weighted by Gasteiger charge is -2.42. The van der Waals surface area contributed by atoms with E-state index in [1.165, 1.54) is 0 Å². The molecule has 0 spiro atoms. The van der Waals surface area contributed by atoms with E-state index in [1.807, 2.05) is 0 Å². The van der Waals surface area contributed by atoms with Gasteiger partial charge >= 0.3 is 53.6 Å². The summed E-state index contributed by atoms with van der Waals surface area (Å²) in [5, 5.41) is 0. The summed E-state index contributed by atoms with van der Waals surface area (Å²) in [6.45, 7) is 0.326. The van der Waals surface area contributed by atoms with Crippen LogP contribution in [-0.4, -0.2) is 105 Å². The third kappa shape index (κ3) is 11.3. The van der Waals surface area contributed by atoms with Gasteiger partial charge in [-0.25, -0.2) is 0 Å². The highest BCUT2D eigenvalue weighted by Crippen LogP contribution is 2.64. The Morgan fingerprint density at radius 2 is 0.939 bits per heavy atom. The maximum atomic E-state index is 14.1. The molecule has 0 bridgehead atoms. The number of hydrogen-bond donors (Lipinski definition) is 0. The van der Waals surface area contributed by atoms with Crippen LogP contribution in [0.5, 0.6) is 0 Å². The fourth-order valence-corrected chi connectivity index (χ4v) is 4.34. The van der Waals surface area contributed by atoms with Crippen molar-refractivity contribution in [2.45, 2.75) is 131 Å². The number of halogens is 17. The second-order valence-electron chi connectivity index (χ2n) is 12.6. The SMILES string of the molecule is CCCCCCCCCCCO[C@@H](CC(=O)OCCC(F)(F)C(F)(F)C(F)(F)C(F)(F)C(F)(F)C(F)(F)C(F)(F)C(F)(F)F)C[N+](C)(C)C. The third-order valence-corrected chi connectivity index (χ3v) is 7.21. The quantitative estimate of drug-likeness (QED) is 0.0425. The van der Waals surface area contributed by atoms with E-state index in [9.17, 15) is 79.4 Å². The summed E-state index contributed by atoms with van der Waals surface area (Å²) in [5.41, 5.74) is 0. The first-order valence-corrected chi connectivity index (χ1v) is 15.1. The number of ether oxygens (including phenoxy) is 2. The summed E-state index contributed by atoms with van der Waals surface area (Å²) < 4.78 is 238. The molecular weight excluding hydrogens is 721 g/mol. The highest BCUT2D eigenvalue weighted by Gasteiger charge is 2.95. The fraction of sp³-hybridized carbons (Fsp3) is 0.964. The number of quaternary nitrogens is 1. The molecule has 0 saturated heterocycles. The molecule has 0 aliphatic rings. The van der Waals surface area contributed by atoms with Crippen molar-refractivity contribution in [3.8, 4) is 0 Å². The van der Waals surface area contributed by atoms with Crippen LogP contribution in [0.2, 0.25) is 0 Å². The van der Waals surface area contributed by atoms with Gasteiger partial charge in [0.1, 0.15) is 12.6 Å². The van der Waals surface area contributed by atoms with Gasteiger partial charge in [-0.3, -0.25) is 4.79 Å². The van der Waals surface area contributed by atoms with Crippen molar-refractivity contribution in [2.24, 2.45) is 0 Å². The predicted octanol–water partition coefficient (Wildman–Crippen LogP) is 9.94. The number of likely N-dealkylation sites (N-methyl/N-ethyl adjacent to an activating group) is 1. The zero-order valence-electron chi connectivity index (χ0n) is 27.1. The van der Waals surface area contributed by atoms with Gasteiger partial charge in [0.05, 0.1) is 40.6 Å². The molecule has 0 N–H and O–H groups in total. The Kier molecular flexibility index (Phi) is 16.5. The van der Waals surface area contributed by atoms with Gasteiger partial charge in [0.15, 0.2) is 0 Å². The normalized spacial score (nSPS) is 15.4. The number of esters is 1. The zero-order valence-corrected chi connectivity index (χ0v) is 27.1. The first-order valence-electron chi connectivity index (χ1n) is 15.1. The highest BCUT2D eigenvalue weighted by atomic mass is 19.4. The van der Waals surface area contributed by atoms with Crippen molar-refractivity contribution in [3.05, 3.63) is 0 Å². The lowest BCUT2D eigenvalue weighted by molar-refractivity contribution is -0.873. The van der Waals surface area contributed by atoms with Crippen LogP contribution in [0.15, 0.2) is 0 Å². The van der Waals surface area contributed by atoms with Crippen molar-refractivity contribution >= 4 is 5.97 Å². The minimum Gasteiger partial charge on any atom is -0.465 e. The maximum Gasteiger partial charge on any atom is 0.460 e. The van der Waals surface area contributed by atoms with E-state index in [4.69, 9.17) is 4.74 Å². The van der Waals surface area contributed by atoms with Gasteiger partial charge < -0.3 is 14.0 Å². The van der Waals surface area contributed by atoms with Gasteiger partial charge in [-0.2, -0.15) is 74.6 Å². The first kappa shape index (κ1) is 47.2. The van der Waals surface area contributed by atoms with Gasteiger partial charge in [0.2, 0.25) is 0 Å². The van der Waals surface area contributed by atoms with Crippen LogP contribution in [0.25, 0.3) is 0 Å². The van der Waals surface area contributed by atoms with Crippen molar-refractivity contribution in [3.63, 3.8) is 0 Å². The minimum atomic E-state index is -8.69. The summed E-state index contributed by atoms with van der Waals surface area (Å²) in [6.07, 6.45) is -3.65. The van der Waals surface area contributed by atoms with Gasteiger partial charge in [0.25, 0.3) is 0 Å². The van der Waals surface area contributed by atoms with Crippen LogP contribution in [-0.2, 0) is 14.3 Å². The van der Waals surface area contributed by atoms with Crippen LogP contribution in [0.1, 0.15) is 77.6 Å². The number of hydrogen-bond acceptors (Lipinski definition) is 3. The molecule has 0 rings (SSSR count). The van der Waals surface area contributed by atoms with Crippen LogP contribution in [0, 0.1) is 0 Å². The van der Waals surface area contributed by atoms with E-state index in [1.54, 1.807) is 21.1 Å². The number of rotatable bonds is 24. The van der Waals surface area contributed by atoms with Crippen LogP contribution in [0.3, 0.4) is 0 Å². The molecule has 21 heteroatoms. The molecule has 0 aliphatic heterocycles. The lowest BCUT2D eigenvalue weighted by atomic mass is 9.88. The van der Waals surface area contributed by atoms with Crippen molar-refractivity contribution in [1.29, 1.82) is 0 Å². The topological polar surface area (TPSA) is 35.5 Å². The number of nitrogens with zero attached hydrogens (tertiary/aromatic N) is 1. The largest absolute Gasteiger partial charge is 0.465 e. The number of carbonyl (C=O) groups excluding carboxylic acids is 1. The molecule has 49 heavy (non-hydrogen) atoms. The molecule has 0 heterocycles. The maximum absolute atomic E-state index is 14.1. The second-order valence-corrected chi connectivity index (χ2v) is 12.6. The smallest absolute Gasteiger partial charge is 0.460 e. The monoisotopic (exact) mass is 762 g/mol. The van der Waals surface area contributed by atoms with E-state index >= 15 is 0 Å². The van der Waals surface area contributed by atoms with Gasteiger partial charge in [-0.15, -0.1) is 0 Å². The molecular formula is C28H41F17NO3+. The fourth-order valence-electron chi connectivity index (χ4n) is 4.34. The molecule has 0 radical (unpaired) electrons. The van der Waals surface area contributed by atoms with E-state index in [-0.39, 0.29) is 17.6 Å². The molecule has 294 valence electrons. The summed E-state index contributed by atoms with van der Waals surface area (Å²) in [7, 11) is 4.97. The summed E-state index contributed by atoms with van der Waals surface area (Å²) in [6, 6.07) is 0. The lowest BCUT2D eigenvalue weighted by Crippen LogP contribution is -2.74. The van der Waals surface area contributed by atoms with Crippen LogP contribution < -0.4 is 0 Å². The number of unbranched alkanes of at least 4 members (excludes halogenated alkanes) is 8. The predicted molar refractivity (Wildman–Crippen MR) is 141 cm³/mol. The van der Waals surface area contributed by atoms with Crippen LogP contribution >= 0.6 is 0 Å². The molecule has 4 nitrogen and oxygen atoms in total. The summed E-state index contributed by atoms with van der Waals surface area (Å²) in [4.78, 5) is 12.2. The van der Waals surface area contributed by atoms with E-state index < -0.39 is 79.2 Å². The molecule has 0 fully saturated rings. The Hall–Kier alpha value is -1.80. The molecule has 0 aromatic carbocycles.